The number of alkyl halides is 1. The van der Waals surface area contributed by atoms with E-state index in [1.807, 2.05) is 4.90 Å². The van der Waals surface area contributed by atoms with Crippen LogP contribution in [0.2, 0.25) is 0 Å². The molecule has 226 valence electrons. The number of nitrogens with zero attached hydrogens (tertiary/aromatic N) is 2. The number of methoxy groups -OCH3 is 2. The number of piperidine rings is 3. The molecule has 2 amide bonds. The van der Waals surface area contributed by atoms with Crippen molar-refractivity contribution in [1.29, 1.82) is 0 Å². The predicted molar refractivity (Wildman–Crippen MR) is 155 cm³/mol. The Bertz CT molecular complexity index is 923. The lowest BCUT2D eigenvalue weighted by Gasteiger charge is -2.45. The molecule has 0 aliphatic carbocycles. The first-order valence-electron chi connectivity index (χ1n) is 15.0. The number of nitrogens with one attached hydrogen (secondary N) is 5. The van der Waals surface area contributed by atoms with Crippen molar-refractivity contribution in [3.05, 3.63) is 0 Å². The summed E-state index contributed by atoms with van der Waals surface area (Å²) >= 11 is 8.24. The zero-order chi connectivity index (χ0) is 28.0. The van der Waals surface area contributed by atoms with E-state index in [2.05, 4.69) is 38.4 Å². The molecule has 11 nitrogen and oxygen atoms in total. The second-order valence-corrected chi connectivity index (χ2v) is 14.4. The molecule has 0 aromatic carbocycles. The van der Waals surface area contributed by atoms with E-state index < -0.39 is 0 Å². The van der Waals surface area contributed by atoms with Gasteiger partial charge in [0.15, 0.2) is 0 Å². The Morgan fingerprint density at radius 1 is 1.00 bits per heavy atom. The summed E-state index contributed by atoms with van der Waals surface area (Å²) in [6.45, 7) is 6.58. The SMILES string of the molecule is COC1CNC(Cl)CC1C1CC(C)NCC1C(=O)NC1NC2CN(C(=O)C3CCC(OC)C4CNCN34)CC2S1. The number of halogens is 1. The van der Waals surface area contributed by atoms with Gasteiger partial charge in [0.2, 0.25) is 11.8 Å². The number of likely N-dealkylation sites (tertiary alicyclic amines) is 1. The van der Waals surface area contributed by atoms with Gasteiger partial charge in [0.1, 0.15) is 5.50 Å². The number of ether oxygens (including phenoxy) is 2. The normalized spacial score (nSPS) is 45.8. The quantitative estimate of drug-likeness (QED) is 0.202. The molecule has 6 aliphatic rings. The van der Waals surface area contributed by atoms with Gasteiger partial charge in [0.25, 0.3) is 0 Å². The number of carbonyl (C=O) groups excluding carboxylic acids is 2. The lowest BCUT2D eigenvalue weighted by atomic mass is 9.70. The summed E-state index contributed by atoms with van der Waals surface area (Å²) in [5.41, 5.74) is -0.235. The Balaban J connectivity index is 1.04. The summed E-state index contributed by atoms with van der Waals surface area (Å²) in [5, 5.41) is 17.5. The highest BCUT2D eigenvalue weighted by Crippen LogP contribution is 2.39. The lowest BCUT2D eigenvalue weighted by Crippen LogP contribution is -2.58. The molecule has 0 bridgehead atoms. The summed E-state index contributed by atoms with van der Waals surface area (Å²) < 4.78 is 11.5. The molecule has 13 heteroatoms. The zero-order valence-corrected chi connectivity index (χ0v) is 25.4. The van der Waals surface area contributed by atoms with Crippen LogP contribution >= 0.6 is 23.4 Å². The highest BCUT2D eigenvalue weighted by molar-refractivity contribution is 8.00. The molecule has 12 atom stereocenters. The number of amides is 2. The minimum Gasteiger partial charge on any atom is -0.380 e. The molecule has 5 N–H and O–H groups in total. The first kappa shape index (κ1) is 29.4. The first-order valence-corrected chi connectivity index (χ1v) is 16.4. The van der Waals surface area contributed by atoms with E-state index in [0.717, 1.165) is 45.4 Å². The Kier molecular flexibility index (Phi) is 9.18. The van der Waals surface area contributed by atoms with Crippen molar-refractivity contribution >= 4 is 35.2 Å². The number of hydrogen-bond acceptors (Lipinski definition) is 10. The van der Waals surface area contributed by atoms with Crippen molar-refractivity contribution in [2.24, 2.45) is 17.8 Å². The minimum atomic E-state index is -0.143. The molecular formula is C27H46ClN7O4S. The first-order chi connectivity index (χ1) is 19.4. The maximum absolute atomic E-state index is 13.7. The Morgan fingerprint density at radius 3 is 2.60 bits per heavy atom. The van der Waals surface area contributed by atoms with Crippen LogP contribution in [0.5, 0.6) is 0 Å². The van der Waals surface area contributed by atoms with Crippen LogP contribution in [0, 0.1) is 17.8 Å². The Labute approximate surface area is 246 Å². The third kappa shape index (κ3) is 5.77. The molecule has 6 rings (SSSR count). The molecule has 6 saturated heterocycles. The van der Waals surface area contributed by atoms with Crippen LogP contribution in [0.15, 0.2) is 0 Å². The van der Waals surface area contributed by atoms with Crippen LogP contribution in [0.25, 0.3) is 0 Å². The van der Waals surface area contributed by atoms with Crippen LogP contribution < -0.4 is 26.6 Å². The fourth-order valence-electron chi connectivity index (χ4n) is 8.14. The van der Waals surface area contributed by atoms with Crippen LogP contribution in [0.3, 0.4) is 0 Å². The Morgan fingerprint density at radius 2 is 1.82 bits per heavy atom. The predicted octanol–water partition coefficient (Wildman–Crippen LogP) is -0.486. The fourth-order valence-corrected chi connectivity index (χ4v) is 9.84. The number of rotatable bonds is 6. The maximum atomic E-state index is 13.7. The third-order valence-electron chi connectivity index (χ3n) is 10.3. The molecule has 12 unspecified atom stereocenters. The minimum absolute atomic E-state index is 0.0543. The van der Waals surface area contributed by atoms with Gasteiger partial charge < -0.3 is 30.3 Å². The Hall–Kier alpha value is -0.700. The number of carbonyl (C=O) groups is 2. The molecule has 0 radical (unpaired) electrons. The summed E-state index contributed by atoms with van der Waals surface area (Å²) in [6, 6.07) is 0.722. The molecular weight excluding hydrogens is 554 g/mol. The summed E-state index contributed by atoms with van der Waals surface area (Å²) in [7, 11) is 3.53. The second-order valence-electron chi connectivity index (χ2n) is 12.5. The van der Waals surface area contributed by atoms with Crippen molar-refractivity contribution in [3.63, 3.8) is 0 Å². The molecule has 0 saturated carbocycles. The number of fused-ring (bicyclic) bond motifs is 2. The largest absolute Gasteiger partial charge is 0.380 e. The van der Waals surface area contributed by atoms with Crippen molar-refractivity contribution in [3.8, 4) is 0 Å². The molecule has 40 heavy (non-hydrogen) atoms. The van der Waals surface area contributed by atoms with Gasteiger partial charge in [0.05, 0.1) is 35.7 Å². The highest BCUT2D eigenvalue weighted by atomic mass is 35.5. The molecule has 6 heterocycles. The number of hydrogen-bond donors (Lipinski definition) is 5. The maximum Gasteiger partial charge on any atom is 0.240 e. The van der Waals surface area contributed by atoms with Crippen LogP contribution in [0.4, 0.5) is 0 Å². The van der Waals surface area contributed by atoms with E-state index in [4.69, 9.17) is 21.1 Å². The third-order valence-corrected chi connectivity index (χ3v) is 11.9. The van der Waals surface area contributed by atoms with E-state index in [-0.39, 0.29) is 76.2 Å². The molecule has 0 spiro atoms. The van der Waals surface area contributed by atoms with Gasteiger partial charge in [-0.25, -0.2) is 0 Å². The van der Waals surface area contributed by atoms with Gasteiger partial charge in [-0.15, -0.1) is 23.4 Å². The van der Waals surface area contributed by atoms with Gasteiger partial charge in [0, 0.05) is 70.9 Å². The van der Waals surface area contributed by atoms with Gasteiger partial charge in [-0.05, 0) is 44.4 Å². The van der Waals surface area contributed by atoms with Crippen molar-refractivity contribution in [2.45, 2.75) is 85.2 Å². The van der Waals surface area contributed by atoms with Crippen molar-refractivity contribution < 1.29 is 19.1 Å². The van der Waals surface area contributed by atoms with Gasteiger partial charge in [-0.1, -0.05) is 0 Å². The van der Waals surface area contributed by atoms with Crippen LogP contribution in [-0.2, 0) is 19.1 Å². The molecule has 6 fully saturated rings. The van der Waals surface area contributed by atoms with Crippen LogP contribution in [-0.4, -0.2) is 128 Å². The van der Waals surface area contributed by atoms with Gasteiger partial charge in [-0.2, -0.15) is 0 Å². The van der Waals surface area contributed by atoms with Crippen molar-refractivity contribution in [1.82, 2.24) is 36.4 Å². The van der Waals surface area contributed by atoms with E-state index in [1.54, 1.807) is 26.0 Å². The molecule has 0 aromatic rings. The van der Waals surface area contributed by atoms with Crippen molar-refractivity contribution in [2.75, 3.05) is 53.6 Å². The van der Waals surface area contributed by atoms with Gasteiger partial charge >= 0.3 is 0 Å². The van der Waals surface area contributed by atoms with E-state index in [0.29, 0.717) is 25.7 Å². The summed E-state index contributed by atoms with van der Waals surface area (Å²) in [6.07, 6.45) is 3.72. The zero-order valence-electron chi connectivity index (χ0n) is 23.8. The van der Waals surface area contributed by atoms with E-state index >= 15 is 0 Å². The standard InChI is InChI=1S/C27H46ClN7O4S/c1-14-6-15(16-7-24(28)31-10-22(16)39-3)17(8-30-14)25(36)33-27-32-18-11-34(12-23(18)40-27)26(37)19-4-5-21(38-2)20-9-29-13-35(19)20/h14-24,27,29-32H,4-13H2,1-3H3,(H,33,36). The van der Waals surface area contributed by atoms with E-state index in [1.165, 1.54) is 0 Å². The average molecular weight is 600 g/mol. The average Bonchev–Trinajstić information content (AvgIpc) is 3.67. The highest BCUT2D eigenvalue weighted by Gasteiger charge is 2.49. The molecule has 6 aliphatic heterocycles. The van der Waals surface area contributed by atoms with Crippen LogP contribution in [0.1, 0.15) is 32.6 Å². The lowest BCUT2D eigenvalue weighted by molar-refractivity contribution is -0.140. The monoisotopic (exact) mass is 599 g/mol. The summed E-state index contributed by atoms with van der Waals surface area (Å²) in [4.78, 5) is 31.6. The number of thioether (sulfide) groups is 1. The topological polar surface area (TPSA) is 119 Å². The summed E-state index contributed by atoms with van der Waals surface area (Å²) in [5.74, 6) is 0.635. The second kappa shape index (κ2) is 12.5. The van der Waals surface area contributed by atoms with E-state index in [9.17, 15) is 9.59 Å². The fraction of sp³-hybridized carbons (Fsp3) is 0.926. The molecule has 0 aromatic heterocycles. The van der Waals surface area contributed by atoms with Gasteiger partial charge in [-0.3, -0.25) is 25.1 Å². The smallest absolute Gasteiger partial charge is 0.240 e.